The summed E-state index contributed by atoms with van der Waals surface area (Å²) < 4.78 is 0. The molecule has 0 saturated heterocycles. The lowest BCUT2D eigenvalue weighted by molar-refractivity contribution is 0.588. The first-order chi connectivity index (χ1) is 10.6. The Kier molecular flexibility index (Phi) is 3.71. The molecular weight excluding hydrogens is 276 g/mol. The Morgan fingerprint density at radius 2 is 1.13 bits per heavy atom. The molecule has 1 aliphatic carbocycles. The highest BCUT2D eigenvalue weighted by Gasteiger charge is 2.30. The van der Waals surface area contributed by atoms with Gasteiger partial charge in [0.25, 0.3) is 0 Å². The molecule has 0 amide bonds. The van der Waals surface area contributed by atoms with E-state index < -0.39 is 0 Å². The molecular formula is C23H29. The monoisotopic (exact) mass is 305 g/mol. The van der Waals surface area contributed by atoms with E-state index in [2.05, 4.69) is 84.9 Å². The van der Waals surface area contributed by atoms with Crippen molar-refractivity contribution < 1.29 is 0 Å². The van der Waals surface area contributed by atoms with Gasteiger partial charge in [0.1, 0.15) is 0 Å². The van der Waals surface area contributed by atoms with E-state index in [1.807, 2.05) is 0 Å². The number of hydrogen-bond donors (Lipinski definition) is 0. The maximum absolute atomic E-state index is 4.25. The molecule has 0 unspecified atom stereocenters. The van der Waals surface area contributed by atoms with Crippen LogP contribution in [0.4, 0.5) is 0 Å². The van der Waals surface area contributed by atoms with Crippen LogP contribution in [-0.2, 0) is 10.8 Å². The second kappa shape index (κ2) is 5.23. The maximum Gasteiger partial charge on any atom is 0.0102 e. The lowest BCUT2D eigenvalue weighted by Gasteiger charge is -2.22. The normalized spacial score (nSPS) is 14.7. The summed E-state index contributed by atoms with van der Waals surface area (Å²) in [7, 11) is 0. The molecule has 1 aliphatic rings. The van der Waals surface area contributed by atoms with Crippen LogP contribution in [0, 0.1) is 6.92 Å². The van der Waals surface area contributed by atoms with Gasteiger partial charge in [-0.25, -0.2) is 0 Å². The number of fused-ring (bicyclic) bond motifs is 3. The number of rotatable bonds is 1. The Balaban J connectivity index is 2.17. The van der Waals surface area contributed by atoms with Crippen LogP contribution in [0.3, 0.4) is 0 Å². The van der Waals surface area contributed by atoms with Crippen LogP contribution in [0.1, 0.15) is 76.1 Å². The van der Waals surface area contributed by atoms with E-state index in [1.165, 1.54) is 33.4 Å². The fourth-order valence-electron chi connectivity index (χ4n) is 3.60. The van der Waals surface area contributed by atoms with Gasteiger partial charge >= 0.3 is 0 Å². The molecule has 0 aliphatic heterocycles. The summed E-state index contributed by atoms with van der Waals surface area (Å²) in [6.45, 7) is 18.0. The van der Waals surface area contributed by atoms with E-state index in [0.29, 0.717) is 5.92 Å². The average Bonchev–Trinajstić information content (AvgIpc) is 2.77. The molecule has 2 aromatic carbocycles. The Hall–Kier alpha value is -1.56. The lowest BCUT2D eigenvalue weighted by Crippen LogP contribution is -2.12. The standard InChI is InChI=1S/C23H29/c1-8-17-20-13-15(22(2,3)4)9-11-18(20)19-12-10-16(14-21(17)19)23(5,6)7/h9-14,17H,1,8H2,2-7H3. The van der Waals surface area contributed by atoms with Crippen LogP contribution in [0.15, 0.2) is 36.4 Å². The van der Waals surface area contributed by atoms with E-state index in [0.717, 1.165) is 6.42 Å². The fourth-order valence-corrected chi connectivity index (χ4v) is 3.60. The van der Waals surface area contributed by atoms with Crippen molar-refractivity contribution in [1.82, 2.24) is 0 Å². The minimum Gasteiger partial charge on any atom is -0.0579 e. The average molecular weight is 305 g/mol. The molecule has 2 aromatic rings. The molecule has 0 aromatic heterocycles. The van der Waals surface area contributed by atoms with Gasteiger partial charge in [0, 0.05) is 5.92 Å². The van der Waals surface area contributed by atoms with E-state index in [-0.39, 0.29) is 10.8 Å². The summed E-state index contributed by atoms with van der Waals surface area (Å²) in [6, 6.07) is 14.1. The second-order valence-corrected chi connectivity index (χ2v) is 8.95. The van der Waals surface area contributed by atoms with Crippen molar-refractivity contribution in [3.8, 4) is 11.1 Å². The minimum atomic E-state index is 0.187. The van der Waals surface area contributed by atoms with Crippen LogP contribution >= 0.6 is 0 Å². The van der Waals surface area contributed by atoms with Crippen LogP contribution in [-0.4, -0.2) is 0 Å². The molecule has 0 saturated carbocycles. The van der Waals surface area contributed by atoms with E-state index in [1.54, 1.807) is 0 Å². The third-order valence-corrected chi connectivity index (χ3v) is 5.16. The van der Waals surface area contributed by atoms with Crippen LogP contribution in [0.5, 0.6) is 0 Å². The third kappa shape index (κ3) is 2.73. The Bertz CT molecular complexity index is 672. The summed E-state index contributed by atoms with van der Waals surface area (Å²) in [5.74, 6) is 0.435. The van der Waals surface area contributed by atoms with Gasteiger partial charge in [0.2, 0.25) is 0 Å². The summed E-state index contributed by atoms with van der Waals surface area (Å²) in [5, 5.41) is 0. The summed E-state index contributed by atoms with van der Waals surface area (Å²) >= 11 is 0. The van der Waals surface area contributed by atoms with Gasteiger partial charge in [0.15, 0.2) is 0 Å². The molecule has 0 spiro atoms. The van der Waals surface area contributed by atoms with Crippen molar-refractivity contribution in [3.63, 3.8) is 0 Å². The summed E-state index contributed by atoms with van der Waals surface area (Å²) in [6.07, 6.45) is 0.918. The first-order valence-corrected chi connectivity index (χ1v) is 8.71. The zero-order chi connectivity index (χ0) is 17.0. The minimum absolute atomic E-state index is 0.187. The molecule has 0 heterocycles. The van der Waals surface area contributed by atoms with Crippen LogP contribution in [0.2, 0.25) is 0 Å². The van der Waals surface area contributed by atoms with Gasteiger partial charge in [0.05, 0.1) is 0 Å². The predicted molar refractivity (Wildman–Crippen MR) is 101 cm³/mol. The van der Waals surface area contributed by atoms with Crippen molar-refractivity contribution in [1.29, 1.82) is 0 Å². The lowest BCUT2D eigenvalue weighted by atomic mass is 9.83. The number of benzene rings is 2. The van der Waals surface area contributed by atoms with Gasteiger partial charge in [-0.1, -0.05) is 84.9 Å². The van der Waals surface area contributed by atoms with E-state index in [9.17, 15) is 0 Å². The van der Waals surface area contributed by atoms with Crippen molar-refractivity contribution in [2.24, 2.45) is 0 Å². The molecule has 23 heavy (non-hydrogen) atoms. The Morgan fingerprint density at radius 1 is 0.739 bits per heavy atom. The molecule has 0 N–H and O–H groups in total. The fraction of sp³-hybridized carbons (Fsp3) is 0.435. The molecule has 121 valence electrons. The topological polar surface area (TPSA) is 0 Å². The highest BCUT2D eigenvalue weighted by molar-refractivity contribution is 5.79. The van der Waals surface area contributed by atoms with Gasteiger partial charge in [-0.05, 0) is 50.6 Å². The van der Waals surface area contributed by atoms with Gasteiger partial charge in [-0.15, -0.1) is 0 Å². The van der Waals surface area contributed by atoms with Gasteiger partial charge in [-0.2, -0.15) is 0 Å². The predicted octanol–water partition coefficient (Wildman–Crippen LogP) is 6.62. The largest absolute Gasteiger partial charge is 0.0579 e. The van der Waals surface area contributed by atoms with Crippen LogP contribution in [0.25, 0.3) is 11.1 Å². The Morgan fingerprint density at radius 3 is 1.43 bits per heavy atom. The third-order valence-electron chi connectivity index (χ3n) is 5.16. The van der Waals surface area contributed by atoms with Crippen LogP contribution < -0.4 is 0 Å². The molecule has 0 nitrogen and oxygen atoms in total. The second-order valence-electron chi connectivity index (χ2n) is 8.95. The SMILES string of the molecule is [CH2]CC1c2cc(C(C)(C)C)ccc2-c2ccc(C(C)(C)C)cc21. The number of hydrogen-bond acceptors (Lipinski definition) is 0. The quantitative estimate of drug-likeness (QED) is 0.555. The highest BCUT2D eigenvalue weighted by Crippen LogP contribution is 2.48. The van der Waals surface area contributed by atoms with Crippen molar-refractivity contribution in [2.75, 3.05) is 0 Å². The van der Waals surface area contributed by atoms with E-state index >= 15 is 0 Å². The molecule has 1 radical (unpaired) electrons. The Labute approximate surface area is 141 Å². The van der Waals surface area contributed by atoms with Gasteiger partial charge < -0.3 is 0 Å². The summed E-state index contributed by atoms with van der Waals surface area (Å²) in [4.78, 5) is 0. The first-order valence-electron chi connectivity index (χ1n) is 8.71. The smallest absolute Gasteiger partial charge is 0.0102 e. The van der Waals surface area contributed by atoms with Gasteiger partial charge in [-0.3, -0.25) is 0 Å². The van der Waals surface area contributed by atoms with Crippen molar-refractivity contribution in [3.05, 3.63) is 65.6 Å². The molecule has 0 heteroatoms. The molecule has 0 bridgehead atoms. The maximum atomic E-state index is 4.25. The van der Waals surface area contributed by atoms with E-state index in [4.69, 9.17) is 0 Å². The molecule has 0 fully saturated rings. The molecule has 0 atom stereocenters. The zero-order valence-electron chi connectivity index (χ0n) is 15.5. The zero-order valence-corrected chi connectivity index (χ0v) is 15.5. The highest BCUT2D eigenvalue weighted by atomic mass is 14.3. The molecule has 3 rings (SSSR count). The van der Waals surface area contributed by atoms with Crippen molar-refractivity contribution in [2.45, 2.75) is 64.7 Å². The summed E-state index contributed by atoms with van der Waals surface area (Å²) in [5.41, 5.74) is 8.95. The first kappa shape index (κ1) is 16.3. The van der Waals surface area contributed by atoms with Crippen molar-refractivity contribution >= 4 is 0 Å².